The van der Waals surface area contributed by atoms with Crippen molar-refractivity contribution in [3.63, 3.8) is 0 Å². The Balaban J connectivity index is 2.20. The Hall–Kier alpha value is -1.43. The zero-order valence-corrected chi connectivity index (χ0v) is 9.67. The topological polar surface area (TPSA) is 44.5 Å². The molecular weight excluding hydrogens is 247 g/mol. The molecule has 1 aliphatic rings. The summed E-state index contributed by atoms with van der Waals surface area (Å²) in [6.07, 6.45) is -3.15. The molecule has 6 heteroatoms. The van der Waals surface area contributed by atoms with Crippen LogP contribution in [0.5, 0.6) is 5.75 Å². The number of nitrogens with two attached hydrogens (primary N) is 1. The van der Waals surface area contributed by atoms with Gasteiger partial charge < -0.3 is 15.2 Å². The molecule has 1 fully saturated rings. The van der Waals surface area contributed by atoms with Crippen LogP contribution in [0.1, 0.15) is 24.3 Å². The average Bonchev–Trinajstić information content (AvgIpc) is 2.31. The maximum Gasteiger partial charge on any atom is 0.573 e. The van der Waals surface area contributed by atoms with Gasteiger partial charge in [0.15, 0.2) is 0 Å². The summed E-state index contributed by atoms with van der Waals surface area (Å²) < 4.78 is 45.5. The van der Waals surface area contributed by atoms with Crippen molar-refractivity contribution in [3.05, 3.63) is 23.8 Å². The molecule has 0 aliphatic carbocycles. The van der Waals surface area contributed by atoms with Crippen molar-refractivity contribution < 1.29 is 22.6 Å². The third-order valence-electron chi connectivity index (χ3n) is 2.95. The minimum atomic E-state index is -4.68. The first-order valence-electron chi connectivity index (χ1n) is 5.68. The molecule has 1 aromatic carbocycles. The highest BCUT2D eigenvalue weighted by Crippen LogP contribution is 2.34. The van der Waals surface area contributed by atoms with E-state index in [1.807, 2.05) is 0 Å². The summed E-state index contributed by atoms with van der Waals surface area (Å²) in [7, 11) is 0. The van der Waals surface area contributed by atoms with E-state index in [1.54, 1.807) is 0 Å². The van der Waals surface area contributed by atoms with Gasteiger partial charge in [0.1, 0.15) is 5.75 Å². The molecule has 1 heterocycles. The van der Waals surface area contributed by atoms with Crippen LogP contribution in [0.2, 0.25) is 0 Å². The number of nitrogen functional groups attached to an aromatic ring is 1. The van der Waals surface area contributed by atoms with E-state index >= 15 is 0 Å². The molecule has 0 amide bonds. The van der Waals surface area contributed by atoms with Crippen LogP contribution in [0.3, 0.4) is 0 Å². The van der Waals surface area contributed by atoms with Gasteiger partial charge in [-0.2, -0.15) is 0 Å². The average molecular weight is 261 g/mol. The number of hydrogen-bond acceptors (Lipinski definition) is 3. The Bertz CT molecular complexity index is 414. The number of benzene rings is 1. The lowest BCUT2D eigenvalue weighted by Gasteiger charge is -2.24. The first-order valence-corrected chi connectivity index (χ1v) is 5.68. The number of rotatable bonds is 2. The summed E-state index contributed by atoms with van der Waals surface area (Å²) in [5, 5.41) is 0. The molecule has 2 rings (SSSR count). The van der Waals surface area contributed by atoms with Crippen LogP contribution < -0.4 is 10.5 Å². The number of ether oxygens (including phenoxy) is 2. The zero-order chi connectivity index (χ0) is 13.2. The Kier molecular flexibility index (Phi) is 3.65. The molecule has 0 spiro atoms. The predicted molar refractivity (Wildman–Crippen MR) is 60.3 cm³/mol. The first-order chi connectivity index (χ1) is 8.46. The van der Waals surface area contributed by atoms with Crippen LogP contribution in [0, 0.1) is 0 Å². The largest absolute Gasteiger partial charge is 0.573 e. The van der Waals surface area contributed by atoms with Gasteiger partial charge in [-0.15, -0.1) is 13.2 Å². The molecule has 100 valence electrons. The van der Waals surface area contributed by atoms with E-state index in [2.05, 4.69) is 4.74 Å². The highest BCUT2D eigenvalue weighted by molar-refractivity contribution is 5.52. The van der Waals surface area contributed by atoms with Crippen LogP contribution >= 0.6 is 0 Å². The molecule has 3 nitrogen and oxygen atoms in total. The fourth-order valence-corrected chi connectivity index (χ4v) is 2.11. The van der Waals surface area contributed by atoms with Gasteiger partial charge in [-0.1, -0.05) is 0 Å². The highest BCUT2D eigenvalue weighted by Gasteiger charge is 2.31. The summed E-state index contributed by atoms with van der Waals surface area (Å²) in [6.45, 7) is 1.21. The van der Waals surface area contributed by atoms with Gasteiger partial charge in [0.2, 0.25) is 0 Å². The van der Waals surface area contributed by atoms with E-state index in [-0.39, 0.29) is 11.7 Å². The smallest absolute Gasteiger partial charge is 0.406 e. The Morgan fingerprint density at radius 3 is 2.50 bits per heavy atom. The van der Waals surface area contributed by atoms with Gasteiger partial charge >= 0.3 is 6.36 Å². The molecule has 2 N–H and O–H groups in total. The molecule has 0 bridgehead atoms. The Labute approximate surface area is 103 Å². The lowest BCUT2D eigenvalue weighted by Crippen LogP contribution is -2.18. The van der Waals surface area contributed by atoms with Gasteiger partial charge in [-0.3, -0.25) is 0 Å². The summed E-state index contributed by atoms with van der Waals surface area (Å²) in [4.78, 5) is 0. The summed E-state index contributed by atoms with van der Waals surface area (Å²) in [6, 6.07) is 4.05. The van der Waals surface area contributed by atoms with Gasteiger partial charge in [0.05, 0.1) is 0 Å². The molecule has 0 atom stereocenters. The predicted octanol–water partition coefficient (Wildman–Crippen LogP) is 3.06. The van der Waals surface area contributed by atoms with E-state index in [1.165, 1.54) is 18.2 Å². The Morgan fingerprint density at radius 2 is 1.89 bits per heavy atom. The van der Waals surface area contributed by atoms with E-state index in [0.29, 0.717) is 24.5 Å². The molecule has 0 saturated carbocycles. The third-order valence-corrected chi connectivity index (χ3v) is 2.95. The Morgan fingerprint density at radius 1 is 1.22 bits per heavy atom. The number of anilines is 1. The lowest BCUT2D eigenvalue weighted by atomic mass is 9.90. The standard InChI is InChI=1S/C12H14F3NO2/c13-12(14,15)18-9-1-2-11(16)10(7-9)8-3-5-17-6-4-8/h1-2,7-8H,3-6,16H2. The quantitative estimate of drug-likeness (QED) is 0.832. The molecule has 0 aromatic heterocycles. The molecular formula is C12H14F3NO2. The van der Waals surface area contributed by atoms with Gasteiger partial charge in [-0.05, 0) is 42.5 Å². The monoisotopic (exact) mass is 261 g/mol. The fraction of sp³-hybridized carbons (Fsp3) is 0.500. The van der Waals surface area contributed by atoms with Gasteiger partial charge in [0.25, 0.3) is 0 Å². The molecule has 1 aliphatic heterocycles. The van der Waals surface area contributed by atoms with E-state index in [4.69, 9.17) is 10.5 Å². The number of alkyl halides is 3. The maximum atomic E-state index is 12.1. The molecule has 1 saturated heterocycles. The van der Waals surface area contributed by atoms with Crippen LogP contribution in [-0.2, 0) is 4.74 Å². The summed E-state index contributed by atoms with van der Waals surface area (Å²) in [5.41, 5.74) is 7.01. The van der Waals surface area contributed by atoms with E-state index in [9.17, 15) is 13.2 Å². The highest BCUT2D eigenvalue weighted by atomic mass is 19.4. The van der Waals surface area contributed by atoms with Crippen molar-refractivity contribution >= 4 is 5.69 Å². The third kappa shape index (κ3) is 3.29. The maximum absolute atomic E-state index is 12.1. The fourth-order valence-electron chi connectivity index (χ4n) is 2.11. The normalized spacial score (nSPS) is 17.7. The van der Waals surface area contributed by atoms with Crippen LogP contribution in [-0.4, -0.2) is 19.6 Å². The summed E-state index contributed by atoms with van der Waals surface area (Å²) in [5.74, 6) is -0.0891. The SMILES string of the molecule is Nc1ccc(OC(F)(F)F)cc1C1CCOCC1. The number of hydrogen-bond donors (Lipinski definition) is 1. The molecule has 1 aromatic rings. The van der Waals surface area contributed by atoms with E-state index in [0.717, 1.165) is 12.8 Å². The number of halogens is 3. The second kappa shape index (κ2) is 5.06. The zero-order valence-electron chi connectivity index (χ0n) is 9.67. The molecule has 18 heavy (non-hydrogen) atoms. The summed E-state index contributed by atoms with van der Waals surface area (Å²) >= 11 is 0. The molecule has 0 radical (unpaired) electrons. The molecule has 0 unspecified atom stereocenters. The van der Waals surface area contributed by atoms with Crippen molar-refractivity contribution in [2.24, 2.45) is 0 Å². The minimum Gasteiger partial charge on any atom is -0.406 e. The van der Waals surface area contributed by atoms with Gasteiger partial charge in [-0.25, -0.2) is 0 Å². The van der Waals surface area contributed by atoms with Crippen LogP contribution in [0.4, 0.5) is 18.9 Å². The second-order valence-electron chi connectivity index (χ2n) is 4.23. The van der Waals surface area contributed by atoms with Crippen molar-refractivity contribution in [3.8, 4) is 5.75 Å². The lowest BCUT2D eigenvalue weighted by molar-refractivity contribution is -0.274. The van der Waals surface area contributed by atoms with Gasteiger partial charge in [0, 0.05) is 18.9 Å². The van der Waals surface area contributed by atoms with Crippen molar-refractivity contribution in [1.82, 2.24) is 0 Å². The minimum absolute atomic E-state index is 0.135. The first kappa shape index (κ1) is 13.0. The van der Waals surface area contributed by atoms with Crippen molar-refractivity contribution in [2.45, 2.75) is 25.1 Å². The van der Waals surface area contributed by atoms with Crippen molar-refractivity contribution in [2.75, 3.05) is 18.9 Å². The van der Waals surface area contributed by atoms with Crippen LogP contribution in [0.25, 0.3) is 0 Å². The van der Waals surface area contributed by atoms with Crippen LogP contribution in [0.15, 0.2) is 18.2 Å². The second-order valence-corrected chi connectivity index (χ2v) is 4.23. The van der Waals surface area contributed by atoms with Crippen molar-refractivity contribution in [1.29, 1.82) is 0 Å². The van der Waals surface area contributed by atoms with E-state index < -0.39 is 6.36 Å².